The predicted molar refractivity (Wildman–Crippen MR) is 151 cm³/mol. The third-order valence-electron chi connectivity index (χ3n) is 7.47. The quantitative estimate of drug-likeness (QED) is 0.317. The van der Waals surface area contributed by atoms with E-state index in [0.717, 1.165) is 40.3 Å². The zero-order chi connectivity index (χ0) is 28.2. The van der Waals surface area contributed by atoms with Gasteiger partial charge in [-0.15, -0.1) is 0 Å². The topological polar surface area (TPSA) is 115 Å². The normalized spacial score (nSPS) is 17.3. The van der Waals surface area contributed by atoms with Crippen LogP contribution in [0.1, 0.15) is 33.1 Å². The number of methoxy groups -OCH3 is 1. The minimum Gasteiger partial charge on any atom is -0.478 e. The lowest BCUT2D eigenvalue weighted by molar-refractivity contribution is -0.121. The molecule has 208 valence electrons. The van der Waals surface area contributed by atoms with E-state index in [1.54, 1.807) is 36.2 Å². The van der Waals surface area contributed by atoms with Crippen LogP contribution >= 0.6 is 0 Å². The minimum absolute atomic E-state index is 0.0498. The van der Waals surface area contributed by atoms with Gasteiger partial charge in [0, 0.05) is 57.5 Å². The van der Waals surface area contributed by atoms with Gasteiger partial charge in [0.15, 0.2) is 0 Å². The van der Waals surface area contributed by atoms with Gasteiger partial charge < -0.3 is 15.2 Å². The summed E-state index contributed by atoms with van der Waals surface area (Å²) in [5.41, 5.74) is 5.41. The highest BCUT2D eigenvalue weighted by molar-refractivity contribution is 5.87. The van der Waals surface area contributed by atoms with Crippen LogP contribution in [0.2, 0.25) is 0 Å². The second kappa shape index (κ2) is 11.8. The van der Waals surface area contributed by atoms with E-state index in [2.05, 4.69) is 15.3 Å². The molecule has 1 saturated heterocycles. The summed E-state index contributed by atoms with van der Waals surface area (Å²) in [5.74, 6) is -1.13. The van der Waals surface area contributed by atoms with Gasteiger partial charge in [0.2, 0.25) is 5.91 Å². The number of nitrogens with one attached hydrogen (secondary N) is 1. The van der Waals surface area contributed by atoms with Crippen molar-refractivity contribution in [1.29, 1.82) is 0 Å². The fourth-order valence-electron chi connectivity index (χ4n) is 5.42. The number of aryl methyl sites for hydroxylation is 1. The van der Waals surface area contributed by atoms with Gasteiger partial charge in [0.25, 0.3) is 0 Å². The van der Waals surface area contributed by atoms with Crippen molar-refractivity contribution in [2.75, 3.05) is 33.4 Å². The molecule has 1 fully saturated rings. The Hall–Kier alpha value is -4.28. The Morgan fingerprint density at radius 3 is 2.62 bits per heavy atom. The fourth-order valence-corrected chi connectivity index (χ4v) is 5.42. The highest BCUT2D eigenvalue weighted by Gasteiger charge is 2.35. The van der Waals surface area contributed by atoms with E-state index in [1.165, 1.54) is 0 Å². The van der Waals surface area contributed by atoms with Crippen molar-refractivity contribution in [1.82, 2.24) is 29.8 Å². The molecule has 10 nitrogen and oxygen atoms in total. The van der Waals surface area contributed by atoms with Crippen LogP contribution in [0.3, 0.4) is 0 Å². The molecule has 4 aromatic rings. The van der Waals surface area contributed by atoms with Gasteiger partial charge in [0.1, 0.15) is 0 Å². The monoisotopic (exact) mass is 542 g/mol. The average Bonchev–Trinajstić information content (AvgIpc) is 3.65. The molecule has 2 N–H and O–H groups in total. The van der Waals surface area contributed by atoms with Gasteiger partial charge in [-0.1, -0.05) is 30.3 Å². The third-order valence-corrected chi connectivity index (χ3v) is 7.47. The summed E-state index contributed by atoms with van der Waals surface area (Å²) < 4.78 is 8.85. The Bertz CT molecular complexity index is 1500. The summed E-state index contributed by atoms with van der Waals surface area (Å²) in [6, 6.07) is 16.6. The number of carbonyl (C=O) groups excluding carboxylic acids is 1. The van der Waals surface area contributed by atoms with Crippen molar-refractivity contribution in [2.24, 2.45) is 7.05 Å². The lowest BCUT2D eigenvalue weighted by Gasteiger charge is -2.21. The van der Waals surface area contributed by atoms with Gasteiger partial charge >= 0.3 is 5.97 Å². The van der Waals surface area contributed by atoms with E-state index < -0.39 is 5.97 Å². The van der Waals surface area contributed by atoms with E-state index in [0.29, 0.717) is 19.7 Å². The van der Waals surface area contributed by atoms with Crippen LogP contribution < -0.4 is 5.32 Å². The number of rotatable bonds is 10. The highest BCUT2D eigenvalue weighted by atomic mass is 16.5. The molecule has 0 radical (unpaired) electrons. The maximum absolute atomic E-state index is 13.6. The van der Waals surface area contributed by atoms with Gasteiger partial charge in [0.05, 0.1) is 41.9 Å². The number of amides is 1. The standard InChI is InChI=1S/C30H34N6O4/c1-20-27(36(24-10-5-4-6-11-24)33-29(20)23-16-31-34(2)17-23)15-28(37)32-26-19-35(12-13-40-3)18-25(26)21-8-7-9-22(14-21)30(38)39/h4-11,14,16-17,25-26H,12-13,15,18-19H2,1-3H3,(H,32,37)(H,38,39)/t25-,26+/m0/s1. The number of benzene rings is 2. The van der Waals surface area contributed by atoms with Crippen molar-refractivity contribution in [3.8, 4) is 16.9 Å². The SMILES string of the molecule is COCCN1C[C@@H](NC(=O)Cc2c(C)c(-c3cnn(C)c3)nn2-c2ccccc2)[C@H](c2cccc(C(=O)O)c2)C1. The Labute approximate surface area is 233 Å². The fraction of sp³-hybridized carbons (Fsp3) is 0.333. The molecule has 3 heterocycles. The molecular formula is C30H34N6O4. The maximum atomic E-state index is 13.6. The first-order chi connectivity index (χ1) is 19.3. The first-order valence-electron chi connectivity index (χ1n) is 13.3. The van der Waals surface area contributed by atoms with E-state index in [9.17, 15) is 14.7 Å². The Kier molecular flexibility index (Phi) is 8.09. The number of aromatic nitrogens is 4. The molecule has 0 bridgehead atoms. The Balaban J connectivity index is 1.42. The van der Waals surface area contributed by atoms with Crippen LogP contribution in [-0.4, -0.2) is 80.8 Å². The molecule has 1 aliphatic rings. The minimum atomic E-state index is -0.967. The zero-order valence-corrected chi connectivity index (χ0v) is 22.9. The lowest BCUT2D eigenvalue weighted by Crippen LogP contribution is -2.41. The van der Waals surface area contributed by atoms with Crippen LogP contribution in [0.5, 0.6) is 0 Å². The molecule has 1 amide bonds. The van der Waals surface area contributed by atoms with E-state index in [4.69, 9.17) is 9.84 Å². The molecule has 0 saturated carbocycles. The van der Waals surface area contributed by atoms with Gasteiger partial charge in [-0.25, -0.2) is 9.48 Å². The van der Waals surface area contributed by atoms with Crippen LogP contribution in [0, 0.1) is 6.92 Å². The molecule has 40 heavy (non-hydrogen) atoms. The Morgan fingerprint density at radius 2 is 1.93 bits per heavy atom. The Morgan fingerprint density at radius 1 is 1.12 bits per heavy atom. The van der Waals surface area contributed by atoms with Crippen LogP contribution in [0.15, 0.2) is 67.0 Å². The molecule has 2 aromatic carbocycles. The number of hydrogen-bond acceptors (Lipinski definition) is 6. The van der Waals surface area contributed by atoms with Crippen molar-refractivity contribution in [3.63, 3.8) is 0 Å². The van der Waals surface area contributed by atoms with Crippen LogP contribution in [0.4, 0.5) is 0 Å². The number of carbonyl (C=O) groups is 2. The summed E-state index contributed by atoms with van der Waals surface area (Å²) in [7, 11) is 3.53. The van der Waals surface area contributed by atoms with Crippen molar-refractivity contribution in [2.45, 2.75) is 25.3 Å². The number of ether oxygens (including phenoxy) is 1. The third kappa shape index (κ3) is 5.83. The van der Waals surface area contributed by atoms with Crippen LogP contribution in [-0.2, 0) is 23.0 Å². The molecule has 2 atom stereocenters. The smallest absolute Gasteiger partial charge is 0.335 e. The summed E-state index contributed by atoms with van der Waals surface area (Å²) in [4.78, 5) is 27.5. The number of likely N-dealkylation sites (tertiary alicyclic amines) is 1. The summed E-state index contributed by atoms with van der Waals surface area (Å²) >= 11 is 0. The first-order valence-corrected chi connectivity index (χ1v) is 13.3. The molecule has 0 spiro atoms. The molecule has 5 rings (SSSR count). The van der Waals surface area contributed by atoms with Gasteiger partial charge in [-0.05, 0) is 42.3 Å². The van der Waals surface area contributed by atoms with E-state index in [1.807, 2.05) is 61.2 Å². The van der Waals surface area contributed by atoms with Crippen molar-refractivity contribution >= 4 is 11.9 Å². The second-order valence-electron chi connectivity index (χ2n) is 10.2. The molecular weight excluding hydrogens is 508 g/mol. The van der Waals surface area contributed by atoms with Gasteiger partial charge in [-0.2, -0.15) is 10.2 Å². The second-order valence-corrected chi connectivity index (χ2v) is 10.2. The molecule has 2 aromatic heterocycles. The number of carboxylic acid groups (broad SMARTS) is 1. The maximum Gasteiger partial charge on any atom is 0.335 e. The summed E-state index contributed by atoms with van der Waals surface area (Å²) in [6.07, 6.45) is 3.83. The predicted octanol–water partition coefficient (Wildman–Crippen LogP) is 3.05. The summed E-state index contributed by atoms with van der Waals surface area (Å²) in [6.45, 7) is 4.64. The van der Waals surface area contributed by atoms with E-state index in [-0.39, 0.29) is 29.9 Å². The van der Waals surface area contributed by atoms with Crippen molar-refractivity contribution in [3.05, 3.63) is 89.4 Å². The number of hydrogen-bond donors (Lipinski definition) is 2. The molecule has 1 aliphatic heterocycles. The van der Waals surface area contributed by atoms with Gasteiger partial charge in [-0.3, -0.25) is 14.4 Å². The lowest BCUT2D eigenvalue weighted by atomic mass is 9.92. The number of aromatic carboxylic acids is 1. The highest BCUT2D eigenvalue weighted by Crippen LogP contribution is 2.30. The largest absolute Gasteiger partial charge is 0.478 e. The number of para-hydroxylation sites is 1. The first kappa shape index (κ1) is 27.3. The van der Waals surface area contributed by atoms with Crippen LogP contribution in [0.25, 0.3) is 16.9 Å². The molecule has 0 unspecified atom stereocenters. The summed E-state index contributed by atoms with van der Waals surface area (Å²) in [5, 5.41) is 22.0. The van der Waals surface area contributed by atoms with Crippen molar-refractivity contribution < 1.29 is 19.4 Å². The average molecular weight is 543 g/mol. The number of carboxylic acids is 1. The zero-order valence-electron chi connectivity index (χ0n) is 22.9. The van der Waals surface area contributed by atoms with E-state index >= 15 is 0 Å². The molecule has 10 heteroatoms. The number of nitrogens with zero attached hydrogens (tertiary/aromatic N) is 5. The molecule has 0 aliphatic carbocycles.